The lowest BCUT2D eigenvalue weighted by Crippen LogP contribution is -2.38. The molecule has 0 radical (unpaired) electrons. The summed E-state index contributed by atoms with van der Waals surface area (Å²) < 4.78 is 11.2. The normalized spacial score (nSPS) is 16.9. The second-order valence-corrected chi connectivity index (χ2v) is 6.82. The predicted molar refractivity (Wildman–Crippen MR) is 91.5 cm³/mol. The van der Waals surface area contributed by atoms with E-state index < -0.39 is 6.10 Å². The molecule has 1 N–H and O–H groups in total. The van der Waals surface area contributed by atoms with Crippen LogP contribution in [0.2, 0.25) is 0 Å². The number of aromatic nitrogens is 2. The first kappa shape index (κ1) is 17.1. The zero-order chi connectivity index (χ0) is 16.8. The quantitative estimate of drug-likeness (QED) is 0.827. The Labute approximate surface area is 145 Å². The molecule has 6 nitrogen and oxygen atoms in total. The summed E-state index contributed by atoms with van der Waals surface area (Å²) in [7, 11) is 0. The van der Waals surface area contributed by atoms with Crippen LogP contribution in [0.25, 0.3) is 11.5 Å². The van der Waals surface area contributed by atoms with Crippen LogP contribution in [0.1, 0.15) is 51.3 Å². The van der Waals surface area contributed by atoms with Crippen molar-refractivity contribution in [1.82, 2.24) is 15.5 Å². The Hall–Kier alpha value is -1.73. The van der Waals surface area contributed by atoms with Crippen molar-refractivity contribution in [2.75, 3.05) is 0 Å². The van der Waals surface area contributed by atoms with E-state index in [1.807, 2.05) is 23.8 Å². The molecule has 2 heterocycles. The second kappa shape index (κ2) is 8.39. The summed E-state index contributed by atoms with van der Waals surface area (Å²) in [6.45, 7) is 2.22. The highest BCUT2D eigenvalue weighted by atomic mass is 32.1. The van der Waals surface area contributed by atoms with Gasteiger partial charge in [0.2, 0.25) is 5.91 Å². The third-order valence-corrected chi connectivity index (χ3v) is 4.91. The van der Waals surface area contributed by atoms with E-state index in [-0.39, 0.29) is 18.6 Å². The summed E-state index contributed by atoms with van der Waals surface area (Å²) >= 11 is 1.57. The molecule has 0 saturated heterocycles. The van der Waals surface area contributed by atoms with Crippen LogP contribution in [-0.4, -0.2) is 28.3 Å². The fraction of sp³-hybridized carbons (Fsp3) is 0.588. The molecule has 2 aromatic rings. The highest BCUT2D eigenvalue weighted by molar-refractivity contribution is 7.08. The summed E-state index contributed by atoms with van der Waals surface area (Å²) in [4.78, 5) is 16.6. The fourth-order valence-corrected chi connectivity index (χ4v) is 3.52. The topological polar surface area (TPSA) is 77.2 Å². The number of thiophene rings is 1. The van der Waals surface area contributed by atoms with Gasteiger partial charge in [0.25, 0.3) is 5.89 Å². The minimum atomic E-state index is -0.406. The standard InChI is InChI=1S/C17H23N3O3S/c1-2-14(22-13-6-4-3-5-7-13)16(21)18-10-15-19-17(23-20-15)12-8-9-24-11-12/h8-9,11,13-14H,2-7,10H2,1H3,(H,18,21)/t14-/m1/s1. The number of rotatable bonds is 7. The molecule has 2 aromatic heterocycles. The maximum Gasteiger partial charge on any atom is 0.258 e. The lowest BCUT2D eigenvalue weighted by molar-refractivity contribution is -0.138. The van der Waals surface area contributed by atoms with Gasteiger partial charge in [-0.25, -0.2) is 0 Å². The largest absolute Gasteiger partial charge is 0.365 e. The van der Waals surface area contributed by atoms with E-state index in [0.29, 0.717) is 18.1 Å². The molecule has 1 saturated carbocycles. The summed E-state index contributed by atoms with van der Waals surface area (Å²) in [6, 6.07) is 1.92. The fourth-order valence-electron chi connectivity index (χ4n) is 2.89. The van der Waals surface area contributed by atoms with E-state index in [4.69, 9.17) is 9.26 Å². The van der Waals surface area contributed by atoms with Gasteiger partial charge >= 0.3 is 0 Å². The molecule has 0 bridgehead atoms. The number of hydrogen-bond acceptors (Lipinski definition) is 6. The minimum absolute atomic E-state index is 0.107. The van der Waals surface area contributed by atoms with Crippen molar-refractivity contribution in [3.63, 3.8) is 0 Å². The SMILES string of the molecule is CC[C@@H](OC1CCCCC1)C(=O)NCc1noc(-c2ccsc2)n1. The molecule has 1 aliphatic carbocycles. The molecule has 1 fully saturated rings. The second-order valence-electron chi connectivity index (χ2n) is 6.04. The highest BCUT2D eigenvalue weighted by Gasteiger charge is 2.23. The van der Waals surface area contributed by atoms with E-state index in [0.717, 1.165) is 18.4 Å². The average Bonchev–Trinajstić information content (AvgIpc) is 3.29. The van der Waals surface area contributed by atoms with Crippen LogP contribution in [0.4, 0.5) is 0 Å². The van der Waals surface area contributed by atoms with Gasteiger partial charge in [-0.3, -0.25) is 4.79 Å². The number of amides is 1. The molecule has 24 heavy (non-hydrogen) atoms. The number of nitrogens with one attached hydrogen (secondary N) is 1. The van der Waals surface area contributed by atoms with Gasteiger partial charge in [-0.2, -0.15) is 16.3 Å². The average molecular weight is 349 g/mol. The Bertz CT molecular complexity index is 635. The number of hydrogen-bond donors (Lipinski definition) is 1. The molecule has 3 rings (SSSR count). The molecular formula is C17H23N3O3S. The van der Waals surface area contributed by atoms with Gasteiger partial charge in [0.05, 0.1) is 18.2 Å². The highest BCUT2D eigenvalue weighted by Crippen LogP contribution is 2.22. The molecule has 0 spiro atoms. The summed E-state index contributed by atoms with van der Waals surface area (Å²) in [6.07, 6.45) is 6.23. The van der Waals surface area contributed by atoms with Crippen molar-refractivity contribution in [1.29, 1.82) is 0 Å². The number of carbonyl (C=O) groups excluding carboxylic acids is 1. The van der Waals surface area contributed by atoms with Crippen LogP contribution < -0.4 is 5.32 Å². The zero-order valence-electron chi connectivity index (χ0n) is 13.9. The van der Waals surface area contributed by atoms with E-state index in [1.165, 1.54) is 19.3 Å². The van der Waals surface area contributed by atoms with Gasteiger partial charge in [-0.05, 0) is 30.7 Å². The minimum Gasteiger partial charge on any atom is -0.365 e. The number of ether oxygens (including phenoxy) is 1. The van der Waals surface area contributed by atoms with Gasteiger partial charge in [0.1, 0.15) is 6.10 Å². The lowest BCUT2D eigenvalue weighted by atomic mass is 9.97. The molecule has 0 unspecified atom stereocenters. The van der Waals surface area contributed by atoms with Crippen LogP contribution in [0.3, 0.4) is 0 Å². The molecule has 1 atom stereocenters. The lowest BCUT2D eigenvalue weighted by Gasteiger charge is -2.26. The van der Waals surface area contributed by atoms with Crippen molar-refractivity contribution in [2.45, 2.75) is 64.2 Å². The Balaban J connectivity index is 1.50. The Morgan fingerprint density at radius 1 is 1.46 bits per heavy atom. The first-order valence-corrected chi connectivity index (χ1v) is 9.49. The number of carbonyl (C=O) groups is 1. The molecule has 1 amide bonds. The van der Waals surface area contributed by atoms with E-state index in [1.54, 1.807) is 11.3 Å². The van der Waals surface area contributed by atoms with Crippen LogP contribution in [0.15, 0.2) is 21.3 Å². The van der Waals surface area contributed by atoms with E-state index in [9.17, 15) is 4.79 Å². The van der Waals surface area contributed by atoms with Crippen molar-refractivity contribution in [2.24, 2.45) is 0 Å². The monoisotopic (exact) mass is 349 g/mol. The first-order valence-electron chi connectivity index (χ1n) is 8.54. The summed E-state index contributed by atoms with van der Waals surface area (Å²) in [5.41, 5.74) is 0.900. The molecule has 7 heteroatoms. The van der Waals surface area contributed by atoms with Crippen molar-refractivity contribution < 1.29 is 14.1 Å². The third kappa shape index (κ3) is 4.42. The third-order valence-electron chi connectivity index (χ3n) is 4.23. The van der Waals surface area contributed by atoms with Gasteiger partial charge in [-0.15, -0.1) is 0 Å². The summed E-state index contributed by atoms with van der Waals surface area (Å²) in [5.74, 6) is 0.841. The maximum atomic E-state index is 12.3. The maximum absolute atomic E-state index is 12.3. The van der Waals surface area contributed by atoms with Gasteiger partial charge in [0, 0.05) is 5.38 Å². The molecule has 1 aliphatic rings. The molecule has 130 valence electrons. The van der Waals surface area contributed by atoms with Gasteiger partial charge in [-0.1, -0.05) is 31.3 Å². The Morgan fingerprint density at radius 3 is 3.00 bits per heavy atom. The predicted octanol–water partition coefficient (Wildman–Crippen LogP) is 3.54. The van der Waals surface area contributed by atoms with E-state index >= 15 is 0 Å². The zero-order valence-corrected chi connectivity index (χ0v) is 14.7. The van der Waals surface area contributed by atoms with Crippen molar-refractivity contribution in [3.8, 4) is 11.5 Å². The van der Waals surface area contributed by atoms with Gasteiger partial charge < -0.3 is 14.6 Å². The van der Waals surface area contributed by atoms with Crippen LogP contribution >= 0.6 is 11.3 Å². The molecular weight excluding hydrogens is 326 g/mol. The van der Waals surface area contributed by atoms with Crippen molar-refractivity contribution >= 4 is 17.2 Å². The Morgan fingerprint density at radius 2 is 2.29 bits per heavy atom. The van der Waals surface area contributed by atoms with Crippen LogP contribution in [-0.2, 0) is 16.1 Å². The Kier molecular flexibility index (Phi) is 5.98. The molecule has 0 aromatic carbocycles. The van der Waals surface area contributed by atoms with Gasteiger partial charge in [0.15, 0.2) is 5.82 Å². The molecule has 0 aliphatic heterocycles. The van der Waals surface area contributed by atoms with Crippen LogP contribution in [0, 0.1) is 0 Å². The number of nitrogens with zero attached hydrogens (tertiary/aromatic N) is 2. The van der Waals surface area contributed by atoms with Crippen LogP contribution in [0.5, 0.6) is 0 Å². The summed E-state index contributed by atoms with van der Waals surface area (Å²) in [5, 5.41) is 10.7. The van der Waals surface area contributed by atoms with E-state index in [2.05, 4.69) is 15.5 Å². The van der Waals surface area contributed by atoms with Crippen molar-refractivity contribution in [3.05, 3.63) is 22.7 Å². The first-order chi connectivity index (χ1) is 11.8. The smallest absolute Gasteiger partial charge is 0.258 e.